The molecule has 2 aromatic heterocycles. The maximum absolute atomic E-state index is 13.5. The summed E-state index contributed by atoms with van der Waals surface area (Å²) in [6.45, 7) is 3.79. The lowest BCUT2D eigenvalue weighted by molar-refractivity contribution is -0.139. The number of thiazole rings is 1. The van der Waals surface area contributed by atoms with Crippen LogP contribution in [0.25, 0.3) is 6.08 Å². The van der Waals surface area contributed by atoms with Crippen LogP contribution in [0.1, 0.15) is 30.3 Å². The molecule has 0 fully saturated rings. The van der Waals surface area contributed by atoms with Gasteiger partial charge in [0.2, 0.25) is 0 Å². The van der Waals surface area contributed by atoms with Gasteiger partial charge in [0.1, 0.15) is 11.8 Å². The first-order valence-electron chi connectivity index (χ1n) is 9.51. The van der Waals surface area contributed by atoms with Crippen molar-refractivity contribution in [2.24, 2.45) is 4.99 Å². The highest BCUT2D eigenvalue weighted by atomic mass is 79.9. The zero-order valence-electron chi connectivity index (χ0n) is 17.0. The number of hydrogen-bond acceptors (Lipinski definition) is 7. The van der Waals surface area contributed by atoms with E-state index in [1.165, 1.54) is 22.7 Å². The van der Waals surface area contributed by atoms with Crippen LogP contribution >= 0.6 is 38.6 Å². The number of nitrogens with zero attached hydrogens (tertiary/aromatic N) is 2. The Labute approximate surface area is 194 Å². The number of hydrogen-bond donors (Lipinski definition) is 0. The molecule has 1 aliphatic heterocycles. The number of halogens is 1. The maximum atomic E-state index is 13.5. The number of methoxy groups -OCH3 is 1. The van der Waals surface area contributed by atoms with E-state index in [1.54, 1.807) is 31.6 Å². The first-order chi connectivity index (χ1) is 14.9. The second-order valence-corrected chi connectivity index (χ2v) is 9.61. The van der Waals surface area contributed by atoms with Gasteiger partial charge < -0.3 is 9.47 Å². The average Bonchev–Trinajstić information content (AvgIpc) is 3.36. The zero-order chi connectivity index (χ0) is 22.1. The van der Waals surface area contributed by atoms with Crippen molar-refractivity contribution in [3.8, 4) is 5.75 Å². The van der Waals surface area contributed by atoms with Crippen LogP contribution in [-0.4, -0.2) is 24.3 Å². The second kappa shape index (κ2) is 8.94. The first-order valence-corrected chi connectivity index (χ1v) is 12.0. The average molecular weight is 519 g/mol. The van der Waals surface area contributed by atoms with Crippen molar-refractivity contribution in [2.45, 2.75) is 19.9 Å². The molecule has 0 amide bonds. The summed E-state index contributed by atoms with van der Waals surface area (Å²) in [5.74, 6) is 0.206. The lowest BCUT2D eigenvalue weighted by atomic mass is 10.0. The summed E-state index contributed by atoms with van der Waals surface area (Å²) >= 11 is 6.24. The van der Waals surface area contributed by atoms with Crippen molar-refractivity contribution in [1.29, 1.82) is 0 Å². The molecule has 0 aliphatic carbocycles. The molecule has 0 saturated heterocycles. The summed E-state index contributed by atoms with van der Waals surface area (Å²) in [6.07, 6.45) is 1.79. The van der Waals surface area contributed by atoms with E-state index in [0.29, 0.717) is 26.4 Å². The Morgan fingerprint density at radius 1 is 1.35 bits per heavy atom. The Hall–Kier alpha value is -2.49. The summed E-state index contributed by atoms with van der Waals surface area (Å²) in [5, 5.41) is 1.93. The summed E-state index contributed by atoms with van der Waals surface area (Å²) < 4.78 is 13.7. The van der Waals surface area contributed by atoms with E-state index in [4.69, 9.17) is 9.47 Å². The molecule has 0 radical (unpaired) electrons. The molecule has 0 spiro atoms. The summed E-state index contributed by atoms with van der Waals surface area (Å²) in [6, 6.07) is 8.86. The number of aromatic nitrogens is 1. The normalized spacial score (nSPS) is 16.1. The van der Waals surface area contributed by atoms with Crippen LogP contribution in [0.5, 0.6) is 5.75 Å². The molecule has 0 bridgehead atoms. The molecule has 1 aliphatic rings. The predicted octanol–water partition coefficient (Wildman–Crippen LogP) is 3.63. The fourth-order valence-corrected chi connectivity index (χ4v) is 5.71. The predicted molar refractivity (Wildman–Crippen MR) is 125 cm³/mol. The number of carbonyl (C=O) groups excluding carboxylic acids is 1. The fourth-order valence-electron chi connectivity index (χ4n) is 3.47. The van der Waals surface area contributed by atoms with E-state index in [1.807, 2.05) is 35.7 Å². The Bertz CT molecular complexity index is 1350. The minimum absolute atomic E-state index is 0.210. The number of benzene rings is 1. The summed E-state index contributed by atoms with van der Waals surface area (Å²) in [4.78, 5) is 32.3. The van der Waals surface area contributed by atoms with Gasteiger partial charge in [-0.2, -0.15) is 0 Å². The molecule has 9 heteroatoms. The van der Waals surface area contributed by atoms with Gasteiger partial charge in [-0.25, -0.2) is 9.79 Å². The Morgan fingerprint density at radius 3 is 2.84 bits per heavy atom. The Balaban J connectivity index is 1.96. The van der Waals surface area contributed by atoms with Gasteiger partial charge in [0.25, 0.3) is 5.56 Å². The minimum atomic E-state index is -0.568. The minimum Gasteiger partial charge on any atom is -0.496 e. The Morgan fingerprint density at radius 2 is 2.16 bits per heavy atom. The SMILES string of the molecule is CCOC(=O)C1=C(C)N=c2sc(=Cc3cc(Br)ccc3OC)c(=O)n2C1c1cccs1. The van der Waals surface area contributed by atoms with Crippen molar-refractivity contribution in [3.63, 3.8) is 0 Å². The highest BCUT2D eigenvalue weighted by molar-refractivity contribution is 9.10. The molecule has 160 valence electrons. The fraction of sp³-hybridized carbons (Fsp3) is 0.227. The van der Waals surface area contributed by atoms with Gasteiger partial charge in [0.05, 0.1) is 29.5 Å². The van der Waals surface area contributed by atoms with Crippen molar-refractivity contribution < 1.29 is 14.3 Å². The third-order valence-electron chi connectivity index (χ3n) is 4.81. The molecule has 1 atom stereocenters. The second-order valence-electron chi connectivity index (χ2n) is 6.70. The lowest BCUT2D eigenvalue weighted by Gasteiger charge is -2.23. The van der Waals surface area contributed by atoms with Gasteiger partial charge in [0, 0.05) is 14.9 Å². The standard InChI is InChI=1S/C22H19BrN2O4S2/c1-4-29-21(27)18-12(2)24-22-25(19(18)16-6-5-9-30-16)20(26)17(31-22)11-13-10-14(23)7-8-15(13)28-3/h5-11,19H,4H2,1-3H3. The van der Waals surface area contributed by atoms with E-state index in [-0.39, 0.29) is 12.2 Å². The van der Waals surface area contributed by atoms with Crippen molar-refractivity contribution in [3.05, 3.63) is 81.6 Å². The summed E-state index contributed by atoms with van der Waals surface area (Å²) in [5.41, 5.74) is 1.52. The molecule has 6 nitrogen and oxygen atoms in total. The molecule has 4 rings (SSSR count). The number of thiophene rings is 1. The number of esters is 1. The molecule has 1 unspecified atom stereocenters. The van der Waals surface area contributed by atoms with Gasteiger partial charge in [-0.3, -0.25) is 9.36 Å². The van der Waals surface area contributed by atoms with Gasteiger partial charge >= 0.3 is 5.97 Å². The molecule has 3 heterocycles. The quantitative estimate of drug-likeness (QED) is 0.483. The van der Waals surface area contributed by atoms with Crippen LogP contribution in [-0.2, 0) is 9.53 Å². The van der Waals surface area contributed by atoms with E-state index in [2.05, 4.69) is 20.9 Å². The Kier molecular flexibility index (Phi) is 6.27. The molecule has 3 aromatic rings. The number of ether oxygens (including phenoxy) is 2. The van der Waals surface area contributed by atoms with Crippen LogP contribution in [0, 0.1) is 0 Å². The van der Waals surface area contributed by atoms with Gasteiger partial charge in [-0.15, -0.1) is 11.3 Å². The molecule has 0 N–H and O–H groups in total. The molecule has 1 aromatic carbocycles. The van der Waals surface area contributed by atoms with Crippen LogP contribution in [0.4, 0.5) is 0 Å². The highest BCUT2D eigenvalue weighted by Gasteiger charge is 2.33. The van der Waals surface area contributed by atoms with Crippen LogP contribution in [0.3, 0.4) is 0 Å². The topological polar surface area (TPSA) is 69.9 Å². The van der Waals surface area contributed by atoms with E-state index in [0.717, 1.165) is 14.9 Å². The van der Waals surface area contributed by atoms with Crippen molar-refractivity contribution >= 4 is 50.6 Å². The first kappa shape index (κ1) is 21.7. The van der Waals surface area contributed by atoms with Crippen molar-refractivity contribution in [1.82, 2.24) is 4.57 Å². The van der Waals surface area contributed by atoms with Crippen LogP contribution in [0.15, 0.2) is 61.2 Å². The third kappa shape index (κ3) is 4.05. The highest BCUT2D eigenvalue weighted by Crippen LogP contribution is 2.33. The van der Waals surface area contributed by atoms with Crippen LogP contribution in [0.2, 0.25) is 0 Å². The number of rotatable bonds is 5. The number of allylic oxidation sites excluding steroid dienone is 1. The van der Waals surface area contributed by atoms with E-state index < -0.39 is 12.0 Å². The monoisotopic (exact) mass is 518 g/mol. The van der Waals surface area contributed by atoms with E-state index >= 15 is 0 Å². The van der Waals surface area contributed by atoms with Gasteiger partial charge in [0.15, 0.2) is 4.80 Å². The summed E-state index contributed by atoms with van der Waals surface area (Å²) in [7, 11) is 1.59. The number of carbonyl (C=O) groups is 1. The third-order valence-corrected chi connectivity index (χ3v) is 7.21. The lowest BCUT2D eigenvalue weighted by Crippen LogP contribution is -2.39. The largest absolute Gasteiger partial charge is 0.496 e. The van der Waals surface area contributed by atoms with Gasteiger partial charge in [-0.1, -0.05) is 33.3 Å². The zero-order valence-corrected chi connectivity index (χ0v) is 20.3. The molecule has 31 heavy (non-hydrogen) atoms. The van der Waals surface area contributed by atoms with Gasteiger partial charge in [-0.05, 0) is 49.6 Å². The molecular weight excluding hydrogens is 500 g/mol. The maximum Gasteiger partial charge on any atom is 0.338 e. The van der Waals surface area contributed by atoms with E-state index in [9.17, 15) is 9.59 Å². The van der Waals surface area contributed by atoms with Crippen molar-refractivity contribution in [2.75, 3.05) is 13.7 Å². The number of fused-ring (bicyclic) bond motifs is 1. The molecule has 0 saturated carbocycles. The smallest absolute Gasteiger partial charge is 0.338 e. The molecular formula is C22H19BrN2O4S2. The van der Waals surface area contributed by atoms with Crippen LogP contribution < -0.4 is 19.6 Å².